The van der Waals surface area contributed by atoms with Crippen LogP contribution in [0.2, 0.25) is 0 Å². The zero-order valence-corrected chi connectivity index (χ0v) is 51.2. The predicted octanol–water partition coefficient (Wildman–Crippen LogP) is 2.62. The van der Waals surface area contributed by atoms with Crippen LogP contribution in [0.15, 0.2) is 54.6 Å². The highest BCUT2D eigenvalue weighted by Crippen LogP contribution is 2.37. The molecule has 5 rings (SSSR count). The Balaban J connectivity index is 1.63. The molecule has 3 heterocycles. The number of ether oxygens (including phenoxy) is 1. The first-order valence-electron chi connectivity index (χ1n) is 28.9. The molecule has 452 valence electrons. The molecule has 3 aliphatic heterocycles. The third kappa shape index (κ3) is 16.2. The van der Waals surface area contributed by atoms with Crippen LogP contribution in [0.25, 0.3) is 0 Å². The lowest BCUT2D eigenvalue weighted by atomic mass is 9.78. The van der Waals surface area contributed by atoms with Crippen molar-refractivity contribution >= 4 is 65.8 Å². The molecule has 3 aliphatic rings. The molecule has 4 N–H and O–H groups in total. The summed E-state index contributed by atoms with van der Waals surface area (Å²) in [6.45, 7) is 20.1. The zero-order chi connectivity index (χ0) is 61.3. The van der Waals surface area contributed by atoms with Crippen molar-refractivity contribution in [3.05, 3.63) is 65.7 Å². The Labute approximate surface area is 485 Å². The van der Waals surface area contributed by atoms with Gasteiger partial charge in [0, 0.05) is 53.5 Å². The molecule has 8 amide bonds. The fraction of sp³-hybridized carbons (Fsp3) is 0.650. The summed E-state index contributed by atoms with van der Waals surface area (Å²) >= 11 is 0. The predicted molar refractivity (Wildman–Crippen MR) is 309 cm³/mol. The lowest BCUT2D eigenvalue weighted by molar-refractivity contribution is -0.176. The van der Waals surface area contributed by atoms with E-state index >= 15 is 9.59 Å². The Morgan fingerprint density at radius 1 is 0.671 bits per heavy atom. The number of hydrogen-bond acceptors (Lipinski definition) is 13. The van der Waals surface area contributed by atoms with Crippen molar-refractivity contribution in [2.45, 2.75) is 187 Å². The van der Waals surface area contributed by atoms with Crippen LogP contribution in [0, 0.1) is 17.8 Å². The van der Waals surface area contributed by atoms with Gasteiger partial charge in [-0.25, -0.2) is 4.79 Å². The summed E-state index contributed by atoms with van der Waals surface area (Å²) in [5, 5.41) is 20.0. The van der Waals surface area contributed by atoms with Crippen LogP contribution in [0.4, 0.5) is 0 Å². The van der Waals surface area contributed by atoms with Crippen LogP contribution < -0.4 is 21.4 Å². The number of aliphatic hydroxyl groups is 1. The second-order valence-electron chi connectivity index (χ2n) is 24.8. The lowest BCUT2D eigenvalue weighted by Gasteiger charge is -2.38. The first-order valence-corrected chi connectivity index (χ1v) is 28.9. The number of fused-ring (bicyclic) bond motifs is 1. The minimum atomic E-state index is -1.96. The number of likely N-dealkylation sites (N-methyl/N-ethyl adjacent to an activating group) is 4. The monoisotopic (exact) mass is 1140 g/mol. The highest BCUT2D eigenvalue weighted by molar-refractivity contribution is 6.62. The van der Waals surface area contributed by atoms with Crippen LogP contribution in [0.3, 0.4) is 0 Å². The van der Waals surface area contributed by atoms with Gasteiger partial charge in [0.15, 0.2) is 12.1 Å². The molecule has 0 aliphatic carbocycles. The van der Waals surface area contributed by atoms with Gasteiger partial charge in [-0.05, 0) is 95.7 Å². The lowest BCUT2D eigenvalue weighted by Crippen LogP contribution is -2.61. The molecule has 0 saturated carbocycles. The summed E-state index contributed by atoms with van der Waals surface area (Å²) in [5.74, 6) is -7.84. The van der Waals surface area contributed by atoms with Crippen molar-refractivity contribution in [3.8, 4) is 0 Å². The molecule has 2 aromatic rings. The van der Waals surface area contributed by atoms with Crippen molar-refractivity contribution in [2.75, 3.05) is 47.8 Å². The fourth-order valence-corrected chi connectivity index (χ4v) is 10.7. The minimum absolute atomic E-state index is 0.0310. The van der Waals surface area contributed by atoms with Gasteiger partial charge >= 0.3 is 13.1 Å². The number of esters is 1. The molecular formula is C60H91BN8O13. The highest BCUT2D eigenvalue weighted by Gasteiger charge is 2.52. The zero-order valence-electron chi connectivity index (χ0n) is 51.2. The molecule has 2 aromatic carbocycles. The Hall–Kier alpha value is -6.39. The molecule has 3 saturated heterocycles. The smallest absolute Gasteiger partial charge is 0.450 e. The first kappa shape index (κ1) is 66.4. The van der Waals surface area contributed by atoms with Gasteiger partial charge in [-0.15, -0.1) is 0 Å². The normalized spacial score (nSPS) is 26.3. The van der Waals surface area contributed by atoms with Crippen LogP contribution in [0.5, 0.6) is 0 Å². The van der Waals surface area contributed by atoms with Crippen molar-refractivity contribution in [1.82, 2.24) is 40.4 Å². The van der Waals surface area contributed by atoms with Crippen molar-refractivity contribution in [2.24, 2.45) is 17.8 Å². The van der Waals surface area contributed by atoms with Crippen LogP contribution >= 0.6 is 0 Å². The van der Waals surface area contributed by atoms with E-state index in [1.807, 2.05) is 72.7 Å². The Bertz CT molecular complexity index is 2610. The maximum Gasteiger partial charge on any atom is 0.494 e. The minimum Gasteiger partial charge on any atom is -0.450 e. The molecule has 0 bridgehead atoms. The Morgan fingerprint density at radius 3 is 1.78 bits per heavy atom. The molecule has 0 aromatic heterocycles. The quantitative estimate of drug-likeness (QED) is 0.177. The van der Waals surface area contributed by atoms with E-state index in [1.54, 1.807) is 51.1 Å². The number of carbonyl (C=O) groups is 9. The average molecular weight is 1140 g/mol. The number of nitrogens with zero attached hydrogens (tertiary/aromatic N) is 5. The molecule has 21 nitrogen and oxygen atoms in total. The molecule has 0 spiro atoms. The van der Waals surface area contributed by atoms with Gasteiger partial charge in [0.1, 0.15) is 30.2 Å². The third-order valence-electron chi connectivity index (χ3n) is 16.7. The molecule has 3 fully saturated rings. The number of amides is 8. The van der Waals surface area contributed by atoms with Crippen LogP contribution in [-0.2, 0) is 70.0 Å². The van der Waals surface area contributed by atoms with Gasteiger partial charge < -0.3 is 59.6 Å². The van der Waals surface area contributed by atoms with E-state index in [0.29, 0.717) is 35.9 Å². The number of carbonyl (C=O) groups excluding carboxylic acids is 9. The standard InChI is InChI=1S/C60H91BN8O13/c1-17-37(5)48-55(76)65(13)34-46(70)62-42(30-36(3)4)53(74)68(16)50(58(7,8)79)57(78)80-49(38(6)18-2)56(77)66(14)35-47(71)63-43(32-39-24-20-19-21-25-39)52(73)67(15)45(54(75)69-29-23-28-44(69)51(72)64-48)33-40-26-22-27-41(31-40)61-81-59(9,10)60(11,12)82-61/h19-22,24-27,31,36-38,42-45,48-50,79H,17-18,23,28-30,32-35H2,1-16H3,(H,62,70)(H,63,71)(H,64,72)/t37?,38-,42?,43?,44+,45+,48+,49?,50-/m1/s1. The van der Waals surface area contributed by atoms with Crippen molar-refractivity contribution in [1.29, 1.82) is 0 Å². The van der Waals surface area contributed by atoms with Gasteiger partial charge in [0.05, 0.1) is 29.9 Å². The number of rotatable bonds is 12. The van der Waals surface area contributed by atoms with Gasteiger partial charge in [-0.2, -0.15) is 0 Å². The van der Waals surface area contributed by atoms with Crippen molar-refractivity contribution in [3.63, 3.8) is 0 Å². The van der Waals surface area contributed by atoms with Crippen molar-refractivity contribution < 1.29 is 62.3 Å². The van der Waals surface area contributed by atoms with E-state index in [9.17, 15) is 38.7 Å². The second-order valence-corrected chi connectivity index (χ2v) is 24.8. The number of benzene rings is 2. The second kappa shape index (κ2) is 27.8. The molecule has 82 heavy (non-hydrogen) atoms. The van der Waals surface area contributed by atoms with E-state index in [0.717, 1.165) is 14.7 Å². The summed E-state index contributed by atoms with van der Waals surface area (Å²) in [7, 11) is 4.74. The maximum atomic E-state index is 15.5. The number of hydrogen-bond donors (Lipinski definition) is 4. The van der Waals surface area contributed by atoms with Crippen LogP contribution in [-0.4, -0.2) is 197 Å². The molecule has 9 atom stereocenters. The summed E-state index contributed by atoms with van der Waals surface area (Å²) in [6, 6.07) is 8.51. The van der Waals surface area contributed by atoms with E-state index in [4.69, 9.17) is 14.0 Å². The summed E-state index contributed by atoms with van der Waals surface area (Å²) in [4.78, 5) is 138. The Morgan fingerprint density at radius 2 is 1.22 bits per heavy atom. The first-order chi connectivity index (χ1) is 38.2. The summed E-state index contributed by atoms with van der Waals surface area (Å²) in [6.07, 6.45) is -0.0753. The molecule has 22 heteroatoms. The average Bonchev–Trinajstić information content (AvgIpc) is 3.99. The summed E-state index contributed by atoms with van der Waals surface area (Å²) < 4.78 is 18.7. The van der Waals surface area contributed by atoms with Gasteiger partial charge in [0.2, 0.25) is 41.4 Å². The number of cyclic esters (lactones) is 1. The topological polar surface area (TPSA) is 254 Å². The summed E-state index contributed by atoms with van der Waals surface area (Å²) in [5.41, 5.74) is -1.29. The SMILES string of the molecule is CCC(C)[C@@H]1NC(=O)[C@@H]2CCCN2C(=O)[C@H](Cc2cccc(B3OC(C)(C)C(C)(C)O3)c2)N(C)C(=O)C(Cc2ccccc2)NC(=O)CN(C)C(=O)C([C@H](C)CC)OC(=O)[C@H](C(C)(C)O)N(C)C(=O)C(CC(C)C)NC(=O)CN(C)C1=O. The molecule has 0 radical (unpaired) electrons. The van der Waals surface area contributed by atoms with Gasteiger partial charge in [0.25, 0.3) is 5.91 Å². The highest BCUT2D eigenvalue weighted by atomic mass is 16.7. The largest absolute Gasteiger partial charge is 0.494 e. The van der Waals surface area contributed by atoms with Crippen LogP contribution in [0.1, 0.15) is 126 Å². The van der Waals surface area contributed by atoms with E-state index in [2.05, 4.69) is 16.0 Å². The maximum absolute atomic E-state index is 15.5. The number of nitrogens with one attached hydrogen (secondary N) is 3. The van der Waals surface area contributed by atoms with E-state index < -0.39 is 144 Å². The molecule has 4 unspecified atom stereocenters. The third-order valence-corrected chi connectivity index (χ3v) is 16.7. The molecular weight excluding hydrogens is 1050 g/mol. The fourth-order valence-electron chi connectivity index (χ4n) is 10.7. The Kier molecular flexibility index (Phi) is 22.5. The van der Waals surface area contributed by atoms with Gasteiger partial charge in [-0.3, -0.25) is 38.4 Å². The van der Waals surface area contributed by atoms with Gasteiger partial charge in [-0.1, -0.05) is 103 Å². The van der Waals surface area contributed by atoms with E-state index in [1.165, 1.54) is 51.8 Å². The van der Waals surface area contributed by atoms with E-state index in [-0.39, 0.29) is 38.1 Å².